The second-order valence-corrected chi connectivity index (χ2v) is 6.28. The zero-order valence-corrected chi connectivity index (χ0v) is 16.8. The first-order valence-electron chi connectivity index (χ1n) is 9.31. The van der Waals surface area contributed by atoms with E-state index in [0.717, 1.165) is 18.4 Å². The third kappa shape index (κ3) is 6.34. The summed E-state index contributed by atoms with van der Waals surface area (Å²) in [6.45, 7) is 2.44. The van der Waals surface area contributed by atoms with E-state index in [1.54, 1.807) is 30.3 Å². The molecular weight excluding hydrogens is 388 g/mol. The number of nitro benzene ring substituents is 1. The molecule has 2 aromatic rings. The van der Waals surface area contributed by atoms with Gasteiger partial charge in [-0.15, -0.1) is 0 Å². The Bertz CT molecular complexity index is 961. The van der Waals surface area contributed by atoms with Crippen LogP contribution in [-0.2, 0) is 16.1 Å². The van der Waals surface area contributed by atoms with Crippen molar-refractivity contribution < 1.29 is 23.9 Å². The lowest BCUT2D eigenvalue weighted by Gasteiger charge is -2.11. The number of carbonyl (C=O) groups excluding carboxylic acids is 1. The third-order valence-corrected chi connectivity index (χ3v) is 4.11. The summed E-state index contributed by atoms with van der Waals surface area (Å²) in [5.74, 6) is 0.211. The van der Waals surface area contributed by atoms with Crippen molar-refractivity contribution in [2.75, 3.05) is 13.7 Å². The number of nitro groups is 1. The summed E-state index contributed by atoms with van der Waals surface area (Å²) in [4.78, 5) is 22.2. The largest absolute Gasteiger partial charge is 0.493 e. The van der Waals surface area contributed by atoms with Gasteiger partial charge in [-0.1, -0.05) is 19.4 Å². The molecule has 0 aliphatic heterocycles. The van der Waals surface area contributed by atoms with Crippen molar-refractivity contribution in [3.05, 3.63) is 69.3 Å². The lowest BCUT2D eigenvalue weighted by molar-refractivity contribution is -0.384. The minimum Gasteiger partial charge on any atom is -0.493 e. The van der Waals surface area contributed by atoms with E-state index in [9.17, 15) is 20.2 Å². The summed E-state index contributed by atoms with van der Waals surface area (Å²) < 4.78 is 16.1. The van der Waals surface area contributed by atoms with E-state index in [-0.39, 0.29) is 24.5 Å². The van der Waals surface area contributed by atoms with Crippen LogP contribution < -0.4 is 9.47 Å². The van der Waals surface area contributed by atoms with Gasteiger partial charge in [-0.3, -0.25) is 10.1 Å². The summed E-state index contributed by atoms with van der Waals surface area (Å²) >= 11 is 0. The number of hydrogen-bond donors (Lipinski definition) is 0. The highest BCUT2D eigenvalue weighted by atomic mass is 16.6. The van der Waals surface area contributed by atoms with Gasteiger partial charge in [0, 0.05) is 12.1 Å². The van der Waals surface area contributed by atoms with Crippen LogP contribution in [0.1, 0.15) is 30.9 Å². The lowest BCUT2D eigenvalue weighted by atomic mass is 10.1. The number of carbonyl (C=O) groups is 1. The highest BCUT2D eigenvalue weighted by Crippen LogP contribution is 2.30. The summed E-state index contributed by atoms with van der Waals surface area (Å²) in [5.41, 5.74) is 1.24. The average molecular weight is 410 g/mol. The van der Waals surface area contributed by atoms with Crippen LogP contribution in [0.15, 0.2) is 48.0 Å². The molecule has 0 fully saturated rings. The quantitative estimate of drug-likeness (QED) is 0.142. The Morgan fingerprint density at radius 1 is 1.20 bits per heavy atom. The highest BCUT2D eigenvalue weighted by Gasteiger charge is 2.12. The van der Waals surface area contributed by atoms with Crippen LogP contribution in [0, 0.1) is 21.4 Å². The fourth-order valence-corrected chi connectivity index (χ4v) is 2.46. The first kappa shape index (κ1) is 22.4. The van der Waals surface area contributed by atoms with Crippen molar-refractivity contribution >= 4 is 17.7 Å². The van der Waals surface area contributed by atoms with E-state index in [2.05, 4.69) is 0 Å². The molecule has 8 heteroatoms. The first-order valence-corrected chi connectivity index (χ1v) is 9.31. The van der Waals surface area contributed by atoms with Gasteiger partial charge >= 0.3 is 5.97 Å². The van der Waals surface area contributed by atoms with Gasteiger partial charge in [-0.2, -0.15) is 5.26 Å². The smallest absolute Gasteiger partial charge is 0.348 e. The van der Waals surface area contributed by atoms with Crippen molar-refractivity contribution in [3.63, 3.8) is 0 Å². The van der Waals surface area contributed by atoms with Gasteiger partial charge in [0.25, 0.3) is 5.69 Å². The van der Waals surface area contributed by atoms with Gasteiger partial charge in [-0.05, 0) is 47.9 Å². The van der Waals surface area contributed by atoms with Crippen molar-refractivity contribution in [3.8, 4) is 17.6 Å². The molecule has 0 aliphatic carbocycles. The number of nitrogens with zero attached hydrogens (tertiary/aromatic N) is 2. The number of esters is 1. The van der Waals surface area contributed by atoms with E-state index in [4.69, 9.17) is 14.2 Å². The Balaban J connectivity index is 2.10. The maximum Gasteiger partial charge on any atom is 0.348 e. The van der Waals surface area contributed by atoms with Crippen molar-refractivity contribution in [1.29, 1.82) is 5.26 Å². The molecule has 0 atom stereocenters. The Kier molecular flexibility index (Phi) is 8.39. The zero-order chi connectivity index (χ0) is 21.9. The molecule has 156 valence electrons. The molecular formula is C22H22N2O6. The number of ether oxygens (including phenoxy) is 3. The summed E-state index contributed by atoms with van der Waals surface area (Å²) in [6, 6.07) is 12.9. The monoisotopic (exact) mass is 410 g/mol. The fourth-order valence-electron chi connectivity index (χ4n) is 2.46. The predicted octanol–water partition coefficient (Wildman–Crippen LogP) is 4.43. The molecule has 0 aliphatic rings. The SMILES string of the molecule is CCCCOC(=O)/C(C#N)=C/c1ccc(OCc2ccc([N+](=O)[O-])cc2)c(OC)c1. The third-order valence-electron chi connectivity index (χ3n) is 4.11. The molecule has 0 heterocycles. The van der Waals surface area contributed by atoms with Crippen molar-refractivity contribution in [1.82, 2.24) is 0 Å². The Labute approximate surface area is 174 Å². The second kappa shape index (κ2) is 11.2. The van der Waals surface area contributed by atoms with Crippen LogP contribution in [-0.4, -0.2) is 24.6 Å². The molecule has 8 nitrogen and oxygen atoms in total. The standard InChI is InChI=1S/C22H22N2O6/c1-3-4-11-29-22(25)18(14-23)12-17-7-10-20(21(13-17)28-2)30-15-16-5-8-19(9-6-16)24(26)27/h5-10,12-13H,3-4,11,15H2,1-2H3/b18-12+. The van der Waals surface area contributed by atoms with Gasteiger partial charge in [0.2, 0.25) is 0 Å². The van der Waals surface area contributed by atoms with E-state index >= 15 is 0 Å². The van der Waals surface area contributed by atoms with Gasteiger partial charge in [-0.25, -0.2) is 4.79 Å². The van der Waals surface area contributed by atoms with Crippen molar-refractivity contribution in [2.45, 2.75) is 26.4 Å². The summed E-state index contributed by atoms with van der Waals surface area (Å²) in [5, 5.41) is 20.0. The lowest BCUT2D eigenvalue weighted by Crippen LogP contribution is -2.07. The first-order chi connectivity index (χ1) is 14.5. The van der Waals surface area contributed by atoms with Crippen LogP contribution in [0.4, 0.5) is 5.69 Å². The van der Waals surface area contributed by atoms with E-state index in [1.807, 2.05) is 13.0 Å². The zero-order valence-electron chi connectivity index (χ0n) is 16.8. The number of non-ortho nitro benzene ring substituents is 1. The van der Waals surface area contributed by atoms with E-state index in [0.29, 0.717) is 17.1 Å². The molecule has 0 spiro atoms. The number of unbranched alkanes of at least 4 members (excludes halogenated alkanes) is 1. The van der Waals surface area contributed by atoms with Crippen LogP contribution in [0.5, 0.6) is 11.5 Å². The highest BCUT2D eigenvalue weighted by molar-refractivity contribution is 5.97. The van der Waals surface area contributed by atoms with Gasteiger partial charge in [0.05, 0.1) is 18.6 Å². The molecule has 0 saturated heterocycles. The Morgan fingerprint density at radius 3 is 2.53 bits per heavy atom. The van der Waals surface area contributed by atoms with Crippen LogP contribution in [0.25, 0.3) is 6.08 Å². The second-order valence-electron chi connectivity index (χ2n) is 6.28. The fraction of sp³-hybridized carbons (Fsp3) is 0.273. The molecule has 0 N–H and O–H groups in total. The molecule has 0 unspecified atom stereocenters. The molecule has 0 saturated carbocycles. The van der Waals surface area contributed by atoms with Gasteiger partial charge in [0.15, 0.2) is 11.5 Å². The molecule has 2 rings (SSSR count). The summed E-state index contributed by atoms with van der Waals surface area (Å²) in [7, 11) is 1.48. The van der Waals surface area contributed by atoms with Crippen LogP contribution in [0.2, 0.25) is 0 Å². The predicted molar refractivity (Wildman–Crippen MR) is 110 cm³/mol. The average Bonchev–Trinajstić information content (AvgIpc) is 2.76. The number of nitriles is 1. The molecule has 2 aromatic carbocycles. The number of hydrogen-bond acceptors (Lipinski definition) is 7. The van der Waals surface area contributed by atoms with Crippen molar-refractivity contribution in [2.24, 2.45) is 0 Å². The van der Waals surface area contributed by atoms with E-state index < -0.39 is 10.9 Å². The maximum atomic E-state index is 12.0. The van der Waals surface area contributed by atoms with Gasteiger partial charge < -0.3 is 14.2 Å². The normalized spacial score (nSPS) is 10.8. The maximum absolute atomic E-state index is 12.0. The molecule has 30 heavy (non-hydrogen) atoms. The number of benzene rings is 2. The Morgan fingerprint density at radius 2 is 1.93 bits per heavy atom. The minimum atomic E-state index is -0.664. The molecule has 0 radical (unpaired) electrons. The molecule has 0 bridgehead atoms. The van der Waals surface area contributed by atoms with E-state index in [1.165, 1.54) is 25.3 Å². The number of methoxy groups -OCH3 is 1. The van der Waals surface area contributed by atoms with Gasteiger partial charge in [0.1, 0.15) is 18.2 Å². The van der Waals surface area contributed by atoms with Crippen LogP contribution >= 0.6 is 0 Å². The minimum absolute atomic E-state index is 0.00832. The molecule has 0 aromatic heterocycles. The van der Waals surface area contributed by atoms with Crippen LogP contribution in [0.3, 0.4) is 0 Å². The topological polar surface area (TPSA) is 112 Å². The number of rotatable bonds is 10. The Hall–Kier alpha value is -3.86. The molecule has 0 amide bonds. The summed E-state index contributed by atoms with van der Waals surface area (Å²) in [6.07, 6.45) is 3.05.